The van der Waals surface area contributed by atoms with Crippen molar-refractivity contribution in [3.05, 3.63) is 53.3 Å². The number of nitrogens with zero attached hydrogens (tertiary/aromatic N) is 3. The largest absolute Gasteiger partial charge is 0.348 e. The number of carbonyl (C=O) groups is 1. The average molecular weight is 297 g/mol. The molecule has 0 spiro atoms. The molecule has 0 saturated carbocycles. The quantitative estimate of drug-likeness (QED) is 0.691. The summed E-state index contributed by atoms with van der Waals surface area (Å²) in [5, 5.41) is 0. The van der Waals surface area contributed by atoms with E-state index < -0.39 is 0 Å². The molecular formula is C16H15N3OS. The van der Waals surface area contributed by atoms with Crippen LogP contribution in [0.1, 0.15) is 29.0 Å². The Balaban J connectivity index is 1.68. The first-order valence-electron chi connectivity index (χ1n) is 7.03. The molecule has 1 atom stereocenters. The molecule has 21 heavy (non-hydrogen) atoms. The third kappa shape index (κ3) is 1.96. The lowest BCUT2D eigenvalue weighted by atomic mass is 10.1. The van der Waals surface area contributed by atoms with Crippen molar-refractivity contribution >= 4 is 27.5 Å². The van der Waals surface area contributed by atoms with E-state index in [1.165, 1.54) is 5.69 Å². The van der Waals surface area contributed by atoms with E-state index in [4.69, 9.17) is 0 Å². The maximum absolute atomic E-state index is 12.8. The first-order valence-corrected chi connectivity index (χ1v) is 7.91. The summed E-state index contributed by atoms with van der Waals surface area (Å²) in [7, 11) is 0. The summed E-state index contributed by atoms with van der Waals surface area (Å²) >= 11 is 1.57. The second-order valence-corrected chi connectivity index (χ2v) is 6.22. The summed E-state index contributed by atoms with van der Waals surface area (Å²) in [4.78, 5) is 19.0. The first-order chi connectivity index (χ1) is 10.2. The summed E-state index contributed by atoms with van der Waals surface area (Å²) in [5.41, 5.74) is 4.72. The van der Waals surface area contributed by atoms with Gasteiger partial charge in [0.15, 0.2) is 0 Å². The van der Waals surface area contributed by atoms with Gasteiger partial charge in [0.25, 0.3) is 5.91 Å². The Kier molecular flexibility index (Phi) is 2.82. The summed E-state index contributed by atoms with van der Waals surface area (Å²) < 4.78 is 3.29. The van der Waals surface area contributed by atoms with Crippen molar-refractivity contribution in [3.63, 3.8) is 0 Å². The standard InChI is InChI=1S/C16H15N3OS/c1-11-14-3-2-6-18(14)7-8-19(11)16(20)12-4-5-13-15(9-12)21-10-17-13/h2-6,9-11H,7-8H2,1H3/t11-/m0/s1. The molecule has 0 fully saturated rings. The average Bonchev–Trinajstić information content (AvgIpc) is 3.15. The molecule has 0 radical (unpaired) electrons. The zero-order valence-corrected chi connectivity index (χ0v) is 12.5. The Hall–Kier alpha value is -2.14. The van der Waals surface area contributed by atoms with Gasteiger partial charge in [0.05, 0.1) is 21.8 Å². The summed E-state index contributed by atoms with van der Waals surface area (Å²) in [5.74, 6) is 0.102. The Morgan fingerprint density at radius 3 is 3.14 bits per heavy atom. The van der Waals surface area contributed by atoms with Gasteiger partial charge >= 0.3 is 0 Å². The number of benzene rings is 1. The van der Waals surface area contributed by atoms with E-state index >= 15 is 0 Å². The van der Waals surface area contributed by atoms with Crippen LogP contribution in [0.5, 0.6) is 0 Å². The number of amides is 1. The number of hydrogen-bond donors (Lipinski definition) is 0. The maximum Gasteiger partial charge on any atom is 0.254 e. The van der Waals surface area contributed by atoms with Crippen LogP contribution in [-0.2, 0) is 6.54 Å². The van der Waals surface area contributed by atoms with E-state index in [0.29, 0.717) is 0 Å². The Bertz CT molecular complexity index is 820. The maximum atomic E-state index is 12.8. The van der Waals surface area contributed by atoms with Crippen molar-refractivity contribution in [2.75, 3.05) is 6.54 Å². The molecule has 4 nitrogen and oxygen atoms in total. The van der Waals surface area contributed by atoms with Gasteiger partial charge in [0, 0.05) is 30.5 Å². The number of aromatic nitrogens is 2. The second kappa shape index (κ2) is 4.70. The lowest BCUT2D eigenvalue weighted by Gasteiger charge is -2.35. The van der Waals surface area contributed by atoms with Gasteiger partial charge in [-0.1, -0.05) is 0 Å². The molecule has 3 heterocycles. The smallest absolute Gasteiger partial charge is 0.254 e. The molecule has 0 N–H and O–H groups in total. The van der Waals surface area contributed by atoms with Gasteiger partial charge in [-0.15, -0.1) is 11.3 Å². The SMILES string of the molecule is C[C@H]1c2cccn2CCN1C(=O)c1ccc2ncsc2c1. The molecule has 3 aromatic rings. The van der Waals surface area contributed by atoms with Crippen molar-refractivity contribution in [2.24, 2.45) is 0 Å². The van der Waals surface area contributed by atoms with Crippen LogP contribution in [0, 0.1) is 0 Å². The summed E-state index contributed by atoms with van der Waals surface area (Å²) in [6, 6.07) is 10.0. The normalized spacial score (nSPS) is 18.0. The highest BCUT2D eigenvalue weighted by Crippen LogP contribution is 2.28. The van der Waals surface area contributed by atoms with E-state index in [0.717, 1.165) is 28.9 Å². The lowest BCUT2D eigenvalue weighted by molar-refractivity contribution is 0.0644. The number of thiazole rings is 1. The number of hydrogen-bond acceptors (Lipinski definition) is 3. The van der Waals surface area contributed by atoms with Crippen molar-refractivity contribution < 1.29 is 4.79 Å². The van der Waals surface area contributed by atoms with Gasteiger partial charge < -0.3 is 9.47 Å². The molecule has 2 aromatic heterocycles. The van der Waals surface area contributed by atoms with Crippen LogP contribution in [0.4, 0.5) is 0 Å². The highest BCUT2D eigenvalue weighted by molar-refractivity contribution is 7.16. The second-order valence-electron chi connectivity index (χ2n) is 5.34. The predicted octanol–water partition coefficient (Wildman–Crippen LogP) is 3.31. The first kappa shape index (κ1) is 12.6. The highest BCUT2D eigenvalue weighted by Gasteiger charge is 2.28. The monoisotopic (exact) mass is 297 g/mol. The lowest BCUT2D eigenvalue weighted by Crippen LogP contribution is -2.40. The molecule has 0 bridgehead atoms. The van der Waals surface area contributed by atoms with E-state index in [2.05, 4.69) is 28.7 Å². The Labute approximate surface area is 126 Å². The molecule has 4 rings (SSSR count). The number of rotatable bonds is 1. The van der Waals surface area contributed by atoms with Gasteiger partial charge in [-0.25, -0.2) is 4.98 Å². The number of fused-ring (bicyclic) bond motifs is 2. The molecule has 1 aliphatic heterocycles. The Morgan fingerprint density at radius 1 is 1.33 bits per heavy atom. The molecule has 1 aliphatic rings. The third-order valence-electron chi connectivity index (χ3n) is 4.18. The molecule has 1 aromatic carbocycles. The van der Waals surface area contributed by atoms with Crippen molar-refractivity contribution in [3.8, 4) is 0 Å². The van der Waals surface area contributed by atoms with Crippen LogP contribution in [0.25, 0.3) is 10.2 Å². The molecule has 0 unspecified atom stereocenters. The summed E-state index contributed by atoms with van der Waals surface area (Å²) in [6.45, 7) is 3.71. The molecular weight excluding hydrogens is 282 g/mol. The van der Waals surface area contributed by atoms with E-state index in [-0.39, 0.29) is 11.9 Å². The van der Waals surface area contributed by atoms with E-state index in [1.807, 2.05) is 34.7 Å². The summed E-state index contributed by atoms with van der Waals surface area (Å²) in [6.07, 6.45) is 2.08. The van der Waals surface area contributed by atoms with Crippen LogP contribution in [-0.4, -0.2) is 26.9 Å². The number of carbonyl (C=O) groups excluding carboxylic acids is 1. The van der Waals surface area contributed by atoms with Crippen LogP contribution < -0.4 is 0 Å². The van der Waals surface area contributed by atoms with E-state index in [9.17, 15) is 4.79 Å². The Morgan fingerprint density at radius 2 is 2.24 bits per heavy atom. The molecule has 5 heteroatoms. The fourth-order valence-corrected chi connectivity index (χ4v) is 3.73. The highest BCUT2D eigenvalue weighted by atomic mass is 32.1. The van der Waals surface area contributed by atoms with Gasteiger partial charge in [0.1, 0.15) is 0 Å². The van der Waals surface area contributed by atoms with E-state index in [1.54, 1.807) is 11.3 Å². The fourth-order valence-electron chi connectivity index (χ4n) is 3.01. The van der Waals surface area contributed by atoms with Crippen molar-refractivity contribution in [2.45, 2.75) is 19.5 Å². The van der Waals surface area contributed by atoms with Crippen LogP contribution in [0.3, 0.4) is 0 Å². The minimum atomic E-state index is 0.102. The van der Waals surface area contributed by atoms with Gasteiger partial charge in [-0.2, -0.15) is 0 Å². The van der Waals surface area contributed by atoms with Crippen molar-refractivity contribution in [1.82, 2.24) is 14.5 Å². The molecule has 0 saturated heterocycles. The zero-order chi connectivity index (χ0) is 14.4. The van der Waals surface area contributed by atoms with Crippen LogP contribution in [0.15, 0.2) is 42.0 Å². The zero-order valence-electron chi connectivity index (χ0n) is 11.7. The minimum Gasteiger partial charge on any atom is -0.348 e. The van der Waals surface area contributed by atoms with Gasteiger partial charge in [0.2, 0.25) is 0 Å². The molecule has 1 amide bonds. The third-order valence-corrected chi connectivity index (χ3v) is 4.97. The van der Waals surface area contributed by atoms with Crippen molar-refractivity contribution in [1.29, 1.82) is 0 Å². The molecule has 106 valence electrons. The predicted molar refractivity (Wildman–Crippen MR) is 83.5 cm³/mol. The van der Waals surface area contributed by atoms with Gasteiger partial charge in [-0.3, -0.25) is 4.79 Å². The fraction of sp³-hybridized carbons (Fsp3) is 0.250. The minimum absolute atomic E-state index is 0.102. The van der Waals surface area contributed by atoms with Crippen LogP contribution >= 0.6 is 11.3 Å². The van der Waals surface area contributed by atoms with Crippen LogP contribution in [0.2, 0.25) is 0 Å². The molecule has 0 aliphatic carbocycles. The van der Waals surface area contributed by atoms with Gasteiger partial charge in [-0.05, 0) is 37.3 Å². The topological polar surface area (TPSA) is 38.1 Å².